The van der Waals surface area contributed by atoms with Crippen LogP contribution < -0.4 is 5.73 Å². The molecule has 0 radical (unpaired) electrons. The van der Waals surface area contributed by atoms with Crippen molar-refractivity contribution in [2.75, 3.05) is 7.11 Å². The van der Waals surface area contributed by atoms with Gasteiger partial charge in [0, 0.05) is 12.3 Å². The summed E-state index contributed by atoms with van der Waals surface area (Å²) < 4.78 is 42.4. The predicted molar refractivity (Wildman–Crippen MR) is 64.9 cm³/mol. The van der Waals surface area contributed by atoms with Crippen LogP contribution in [0.2, 0.25) is 0 Å². The van der Waals surface area contributed by atoms with Gasteiger partial charge in [0.05, 0.1) is 24.4 Å². The first-order chi connectivity index (χ1) is 8.91. The SMILES string of the molecule is COC(=Cc1ccc(C(F)(F)F)cn1)C(N)C1CC1. The molecule has 2 N–H and O–H groups in total. The molecule has 2 rings (SSSR count). The molecule has 1 fully saturated rings. The fraction of sp³-hybridized carbons (Fsp3) is 0.462. The minimum Gasteiger partial charge on any atom is -0.499 e. The van der Waals surface area contributed by atoms with Gasteiger partial charge >= 0.3 is 6.18 Å². The number of hydrogen-bond donors (Lipinski definition) is 1. The van der Waals surface area contributed by atoms with Crippen molar-refractivity contribution in [2.45, 2.75) is 25.1 Å². The van der Waals surface area contributed by atoms with E-state index in [4.69, 9.17) is 10.5 Å². The summed E-state index contributed by atoms with van der Waals surface area (Å²) in [4.78, 5) is 3.76. The van der Waals surface area contributed by atoms with Crippen LogP contribution in [-0.4, -0.2) is 18.1 Å². The van der Waals surface area contributed by atoms with Crippen LogP contribution in [-0.2, 0) is 10.9 Å². The predicted octanol–water partition coefficient (Wildman–Crippen LogP) is 2.83. The molecule has 1 unspecified atom stereocenters. The van der Waals surface area contributed by atoms with Crippen molar-refractivity contribution < 1.29 is 17.9 Å². The van der Waals surface area contributed by atoms with E-state index in [1.807, 2.05) is 0 Å². The largest absolute Gasteiger partial charge is 0.499 e. The molecule has 19 heavy (non-hydrogen) atoms. The highest BCUT2D eigenvalue weighted by Crippen LogP contribution is 2.35. The van der Waals surface area contributed by atoms with Gasteiger partial charge in [-0.25, -0.2) is 0 Å². The third-order valence-corrected chi connectivity index (χ3v) is 3.10. The number of hydrogen-bond acceptors (Lipinski definition) is 3. The summed E-state index contributed by atoms with van der Waals surface area (Å²) in [6.45, 7) is 0. The highest BCUT2D eigenvalue weighted by atomic mass is 19.4. The quantitative estimate of drug-likeness (QED) is 0.857. The topological polar surface area (TPSA) is 48.1 Å². The zero-order valence-electron chi connectivity index (χ0n) is 10.4. The molecule has 0 saturated heterocycles. The zero-order chi connectivity index (χ0) is 14.0. The molecule has 0 bridgehead atoms. The second kappa shape index (κ2) is 5.21. The lowest BCUT2D eigenvalue weighted by atomic mass is 10.1. The second-order valence-corrected chi connectivity index (χ2v) is 4.58. The average Bonchev–Trinajstić information content (AvgIpc) is 3.19. The lowest BCUT2D eigenvalue weighted by Crippen LogP contribution is -2.25. The van der Waals surface area contributed by atoms with Crippen LogP contribution in [0.4, 0.5) is 13.2 Å². The lowest BCUT2D eigenvalue weighted by Gasteiger charge is -2.14. The van der Waals surface area contributed by atoms with Gasteiger partial charge in [0.1, 0.15) is 5.76 Å². The van der Waals surface area contributed by atoms with Crippen molar-refractivity contribution >= 4 is 6.08 Å². The van der Waals surface area contributed by atoms with Gasteiger partial charge < -0.3 is 10.5 Å². The van der Waals surface area contributed by atoms with E-state index in [9.17, 15) is 13.2 Å². The molecule has 0 aromatic carbocycles. The second-order valence-electron chi connectivity index (χ2n) is 4.58. The first-order valence-corrected chi connectivity index (χ1v) is 5.96. The normalized spacial score (nSPS) is 18.3. The van der Waals surface area contributed by atoms with E-state index in [1.54, 1.807) is 6.08 Å². The summed E-state index contributed by atoms with van der Waals surface area (Å²) in [6.07, 6.45) is 0.138. The smallest absolute Gasteiger partial charge is 0.417 e. The van der Waals surface area contributed by atoms with Crippen molar-refractivity contribution in [1.82, 2.24) is 4.98 Å². The van der Waals surface area contributed by atoms with E-state index >= 15 is 0 Å². The Morgan fingerprint density at radius 3 is 2.58 bits per heavy atom. The van der Waals surface area contributed by atoms with Gasteiger partial charge in [-0.05, 0) is 30.9 Å². The lowest BCUT2D eigenvalue weighted by molar-refractivity contribution is -0.137. The minimum absolute atomic E-state index is 0.214. The number of aromatic nitrogens is 1. The van der Waals surface area contributed by atoms with Crippen LogP contribution >= 0.6 is 0 Å². The number of alkyl halides is 3. The Morgan fingerprint density at radius 1 is 1.47 bits per heavy atom. The van der Waals surface area contributed by atoms with Gasteiger partial charge in [0.2, 0.25) is 0 Å². The van der Waals surface area contributed by atoms with Gasteiger partial charge in [-0.3, -0.25) is 4.98 Å². The Balaban J connectivity index is 2.16. The van der Waals surface area contributed by atoms with Gasteiger partial charge in [-0.2, -0.15) is 13.2 Å². The average molecular weight is 272 g/mol. The maximum atomic E-state index is 12.4. The number of nitrogens with zero attached hydrogens (tertiary/aromatic N) is 1. The molecule has 0 spiro atoms. The van der Waals surface area contributed by atoms with Crippen LogP contribution in [0, 0.1) is 5.92 Å². The number of methoxy groups -OCH3 is 1. The summed E-state index contributed by atoms with van der Waals surface area (Å²) in [7, 11) is 1.50. The molecule has 1 atom stereocenters. The highest BCUT2D eigenvalue weighted by molar-refractivity contribution is 5.49. The van der Waals surface area contributed by atoms with E-state index in [-0.39, 0.29) is 6.04 Å². The van der Waals surface area contributed by atoms with Crippen molar-refractivity contribution in [3.05, 3.63) is 35.3 Å². The molecular weight excluding hydrogens is 257 g/mol. The molecule has 1 aromatic heterocycles. The third-order valence-electron chi connectivity index (χ3n) is 3.10. The zero-order valence-corrected chi connectivity index (χ0v) is 10.4. The van der Waals surface area contributed by atoms with E-state index in [0.29, 0.717) is 17.4 Å². The van der Waals surface area contributed by atoms with Crippen LogP contribution in [0.5, 0.6) is 0 Å². The summed E-state index contributed by atoms with van der Waals surface area (Å²) in [5.74, 6) is 0.954. The van der Waals surface area contributed by atoms with Gasteiger partial charge in [0.25, 0.3) is 0 Å². The minimum atomic E-state index is -4.37. The van der Waals surface area contributed by atoms with Crippen LogP contribution in [0.3, 0.4) is 0 Å². The highest BCUT2D eigenvalue weighted by Gasteiger charge is 2.32. The van der Waals surface area contributed by atoms with Crippen molar-refractivity contribution in [2.24, 2.45) is 11.7 Å². The summed E-state index contributed by atoms with van der Waals surface area (Å²) in [5.41, 5.74) is 5.61. The maximum absolute atomic E-state index is 12.4. The molecule has 0 amide bonds. The van der Waals surface area contributed by atoms with Crippen LogP contribution in [0.15, 0.2) is 24.1 Å². The van der Waals surface area contributed by atoms with Crippen LogP contribution in [0.1, 0.15) is 24.1 Å². The van der Waals surface area contributed by atoms with Crippen molar-refractivity contribution in [3.8, 4) is 0 Å². The maximum Gasteiger partial charge on any atom is 0.417 e. The number of ether oxygens (including phenoxy) is 1. The Bertz CT molecular complexity index is 464. The molecule has 1 saturated carbocycles. The van der Waals surface area contributed by atoms with E-state index in [1.165, 1.54) is 13.2 Å². The van der Waals surface area contributed by atoms with Crippen molar-refractivity contribution in [3.63, 3.8) is 0 Å². The Morgan fingerprint density at radius 2 is 2.16 bits per heavy atom. The van der Waals surface area contributed by atoms with Crippen LogP contribution in [0.25, 0.3) is 6.08 Å². The molecule has 1 heterocycles. The molecular formula is C13H15F3N2O. The van der Waals surface area contributed by atoms with Gasteiger partial charge in [0.15, 0.2) is 0 Å². The molecule has 1 aliphatic carbocycles. The fourth-order valence-corrected chi connectivity index (χ4v) is 1.78. The number of pyridine rings is 1. The van der Waals surface area contributed by atoms with Gasteiger partial charge in [-0.15, -0.1) is 0 Å². The standard InChI is InChI=1S/C13H15F3N2O/c1-19-11(12(17)8-2-3-8)6-10-5-4-9(7-18-10)13(14,15)16/h4-8,12H,2-3,17H2,1H3. The summed E-state index contributed by atoms with van der Waals surface area (Å²) >= 11 is 0. The first kappa shape index (κ1) is 13.9. The molecule has 3 nitrogen and oxygen atoms in total. The summed E-state index contributed by atoms with van der Waals surface area (Å²) in [6, 6.07) is 2.09. The van der Waals surface area contributed by atoms with Crippen molar-refractivity contribution in [1.29, 1.82) is 0 Å². The fourth-order valence-electron chi connectivity index (χ4n) is 1.78. The number of halogens is 3. The Hall–Kier alpha value is -1.56. The monoisotopic (exact) mass is 272 g/mol. The van der Waals surface area contributed by atoms with Gasteiger partial charge in [-0.1, -0.05) is 0 Å². The van der Waals surface area contributed by atoms with E-state index < -0.39 is 11.7 Å². The van der Waals surface area contributed by atoms with E-state index in [2.05, 4.69) is 4.98 Å². The molecule has 1 aromatic rings. The Kier molecular flexibility index (Phi) is 3.80. The number of nitrogens with two attached hydrogens (primary N) is 1. The number of rotatable bonds is 4. The Labute approximate surface area is 109 Å². The first-order valence-electron chi connectivity index (χ1n) is 5.96. The molecule has 0 aliphatic heterocycles. The molecule has 1 aliphatic rings. The summed E-state index contributed by atoms with van der Waals surface area (Å²) in [5, 5.41) is 0. The molecule has 6 heteroatoms. The molecule has 104 valence electrons. The third kappa shape index (κ3) is 3.47. The van der Waals surface area contributed by atoms with E-state index in [0.717, 1.165) is 25.1 Å².